The molecule has 1 aliphatic carbocycles. The van der Waals surface area contributed by atoms with Crippen molar-refractivity contribution in [3.8, 4) is 17.2 Å². The zero-order valence-electron chi connectivity index (χ0n) is 17.9. The molecule has 0 saturated heterocycles. The lowest BCUT2D eigenvalue weighted by atomic mass is 9.90. The molecule has 30 heavy (non-hydrogen) atoms. The Morgan fingerprint density at radius 1 is 1.03 bits per heavy atom. The van der Waals surface area contributed by atoms with Gasteiger partial charge in [0.1, 0.15) is 27.7 Å². The van der Waals surface area contributed by atoms with E-state index in [9.17, 15) is 8.42 Å². The van der Waals surface area contributed by atoms with Gasteiger partial charge in [-0.25, -0.2) is 13.1 Å². The molecule has 0 spiro atoms. The van der Waals surface area contributed by atoms with Crippen molar-refractivity contribution in [2.24, 2.45) is 0 Å². The van der Waals surface area contributed by atoms with Gasteiger partial charge in [-0.05, 0) is 81.0 Å². The fourth-order valence-corrected chi connectivity index (χ4v) is 5.84. The second-order valence-corrected chi connectivity index (χ2v) is 10.3. The Morgan fingerprint density at radius 3 is 2.40 bits per heavy atom. The predicted molar refractivity (Wildman–Crippen MR) is 115 cm³/mol. The topological polar surface area (TPSA) is 73.9 Å². The summed E-state index contributed by atoms with van der Waals surface area (Å²) in [4.78, 5) is 0.194. The highest BCUT2D eigenvalue weighted by Gasteiger charge is 2.37. The SMILES string of the molecule is COc1ccc2c(c1)[C@@H](NS(=O)(=O)c1cc3c(cc1OC)CCCC3)CC(C)(C)O2. The van der Waals surface area contributed by atoms with E-state index in [1.807, 2.05) is 38.1 Å². The maximum absolute atomic E-state index is 13.5. The minimum absolute atomic E-state index is 0.194. The molecule has 0 saturated carbocycles. The summed E-state index contributed by atoms with van der Waals surface area (Å²) in [6.45, 7) is 3.92. The summed E-state index contributed by atoms with van der Waals surface area (Å²) in [6.07, 6.45) is 4.55. The van der Waals surface area contributed by atoms with Gasteiger partial charge in [0.05, 0.1) is 20.3 Å². The lowest BCUT2D eigenvalue weighted by molar-refractivity contribution is 0.0700. The zero-order chi connectivity index (χ0) is 21.5. The number of hydrogen-bond donors (Lipinski definition) is 1. The molecule has 7 heteroatoms. The number of fused-ring (bicyclic) bond motifs is 2. The molecule has 0 fully saturated rings. The van der Waals surface area contributed by atoms with Gasteiger partial charge in [-0.2, -0.15) is 0 Å². The van der Waals surface area contributed by atoms with E-state index in [1.54, 1.807) is 13.2 Å². The quantitative estimate of drug-likeness (QED) is 0.769. The van der Waals surface area contributed by atoms with Crippen LogP contribution in [0.3, 0.4) is 0 Å². The van der Waals surface area contributed by atoms with Crippen LogP contribution in [-0.2, 0) is 22.9 Å². The Balaban J connectivity index is 1.73. The fraction of sp³-hybridized carbons (Fsp3) is 0.478. The Kier molecular flexibility index (Phi) is 5.45. The highest BCUT2D eigenvalue weighted by atomic mass is 32.2. The van der Waals surface area contributed by atoms with Crippen molar-refractivity contribution in [1.82, 2.24) is 4.72 Å². The number of sulfonamides is 1. The lowest BCUT2D eigenvalue weighted by Gasteiger charge is -2.38. The maximum atomic E-state index is 13.5. The van der Waals surface area contributed by atoms with Crippen molar-refractivity contribution in [2.45, 2.75) is 62.5 Å². The van der Waals surface area contributed by atoms with Crippen LogP contribution in [0.1, 0.15) is 55.8 Å². The molecule has 0 aromatic heterocycles. The number of nitrogens with one attached hydrogen (secondary N) is 1. The van der Waals surface area contributed by atoms with Gasteiger partial charge in [-0.3, -0.25) is 0 Å². The molecule has 1 aliphatic heterocycles. The largest absolute Gasteiger partial charge is 0.497 e. The molecule has 4 rings (SSSR count). The Labute approximate surface area is 178 Å². The van der Waals surface area contributed by atoms with E-state index in [1.165, 1.54) is 12.7 Å². The first-order valence-electron chi connectivity index (χ1n) is 10.3. The van der Waals surface area contributed by atoms with Crippen molar-refractivity contribution in [3.05, 3.63) is 47.0 Å². The highest BCUT2D eigenvalue weighted by Crippen LogP contribution is 2.42. The highest BCUT2D eigenvalue weighted by molar-refractivity contribution is 7.89. The van der Waals surface area contributed by atoms with Crippen LogP contribution < -0.4 is 18.9 Å². The van der Waals surface area contributed by atoms with Crippen LogP contribution in [0.5, 0.6) is 17.2 Å². The van der Waals surface area contributed by atoms with E-state index in [0.717, 1.165) is 36.8 Å². The fourth-order valence-electron chi connectivity index (χ4n) is 4.43. The first kappa shape index (κ1) is 21.0. The van der Waals surface area contributed by atoms with Gasteiger partial charge in [-0.15, -0.1) is 0 Å². The average Bonchev–Trinajstić information content (AvgIpc) is 2.71. The summed E-state index contributed by atoms with van der Waals surface area (Å²) in [5, 5.41) is 0. The number of hydrogen-bond acceptors (Lipinski definition) is 5. The normalized spacial score (nSPS) is 19.9. The predicted octanol–water partition coefficient (Wildman–Crippen LogP) is 4.16. The molecular weight excluding hydrogens is 402 g/mol. The summed E-state index contributed by atoms with van der Waals surface area (Å²) in [6, 6.07) is 8.71. The van der Waals surface area contributed by atoms with Gasteiger partial charge >= 0.3 is 0 Å². The molecule has 2 aliphatic rings. The van der Waals surface area contributed by atoms with Crippen molar-refractivity contribution >= 4 is 10.0 Å². The van der Waals surface area contributed by atoms with Gasteiger partial charge < -0.3 is 14.2 Å². The molecule has 0 radical (unpaired) electrons. The summed E-state index contributed by atoms with van der Waals surface area (Å²) < 4.78 is 46.8. The van der Waals surface area contributed by atoms with Gasteiger partial charge in [0, 0.05) is 12.0 Å². The van der Waals surface area contributed by atoms with Crippen molar-refractivity contribution < 1.29 is 22.6 Å². The van der Waals surface area contributed by atoms with Crippen LogP contribution in [0.25, 0.3) is 0 Å². The molecule has 0 unspecified atom stereocenters. The third-order valence-corrected chi connectivity index (χ3v) is 7.38. The number of benzene rings is 2. The minimum Gasteiger partial charge on any atom is -0.497 e. The Hall–Kier alpha value is -2.25. The van der Waals surface area contributed by atoms with Crippen LogP contribution in [0.15, 0.2) is 35.2 Å². The third kappa shape index (κ3) is 4.01. The van der Waals surface area contributed by atoms with E-state index in [0.29, 0.717) is 23.7 Å². The third-order valence-electron chi connectivity index (χ3n) is 5.89. The molecule has 2 aromatic rings. The van der Waals surface area contributed by atoms with Crippen molar-refractivity contribution in [1.29, 1.82) is 0 Å². The number of ether oxygens (including phenoxy) is 3. The van der Waals surface area contributed by atoms with Crippen LogP contribution in [-0.4, -0.2) is 28.2 Å². The summed E-state index contributed by atoms with van der Waals surface area (Å²) >= 11 is 0. The molecule has 1 N–H and O–H groups in total. The van der Waals surface area contributed by atoms with Crippen molar-refractivity contribution in [2.75, 3.05) is 14.2 Å². The van der Waals surface area contributed by atoms with E-state index in [2.05, 4.69) is 4.72 Å². The summed E-state index contributed by atoms with van der Waals surface area (Å²) in [5.41, 5.74) is 2.54. The second kappa shape index (κ2) is 7.78. The van der Waals surface area contributed by atoms with E-state index in [-0.39, 0.29) is 4.90 Å². The Bertz CT molecular complexity index is 1060. The monoisotopic (exact) mass is 431 g/mol. The molecule has 6 nitrogen and oxygen atoms in total. The van der Waals surface area contributed by atoms with E-state index < -0.39 is 21.7 Å². The molecule has 162 valence electrons. The van der Waals surface area contributed by atoms with Gasteiger partial charge in [0.15, 0.2) is 0 Å². The van der Waals surface area contributed by atoms with Crippen LogP contribution >= 0.6 is 0 Å². The molecule has 1 atom stereocenters. The standard InChI is InChI=1S/C23H29NO5S/c1-23(2)14-19(18-13-17(27-3)9-10-20(18)29-23)24-30(25,26)22-12-16-8-6-5-7-15(16)11-21(22)28-4/h9-13,19,24H,5-8,14H2,1-4H3/t19-/m0/s1. The maximum Gasteiger partial charge on any atom is 0.244 e. The molecule has 0 amide bonds. The van der Waals surface area contributed by atoms with Crippen molar-refractivity contribution in [3.63, 3.8) is 0 Å². The van der Waals surface area contributed by atoms with E-state index in [4.69, 9.17) is 14.2 Å². The number of aryl methyl sites for hydroxylation is 2. The zero-order valence-corrected chi connectivity index (χ0v) is 18.8. The second-order valence-electron chi connectivity index (χ2n) is 8.62. The molecule has 2 aromatic carbocycles. The van der Waals surface area contributed by atoms with Gasteiger partial charge in [-0.1, -0.05) is 0 Å². The van der Waals surface area contributed by atoms with Crippen LogP contribution in [0.2, 0.25) is 0 Å². The molecule has 0 bridgehead atoms. The number of methoxy groups -OCH3 is 2. The van der Waals surface area contributed by atoms with Gasteiger partial charge in [0.2, 0.25) is 10.0 Å². The Morgan fingerprint density at radius 2 is 1.73 bits per heavy atom. The average molecular weight is 432 g/mol. The number of rotatable bonds is 5. The smallest absolute Gasteiger partial charge is 0.244 e. The molecular formula is C23H29NO5S. The van der Waals surface area contributed by atoms with E-state index >= 15 is 0 Å². The van der Waals surface area contributed by atoms with Gasteiger partial charge in [0.25, 0.3) is 0 Å². The first-order chi connectivity index (χ1) is 14.2. The summed E-state index contributed by atoms with van der Waals surface area (Å²) in [7, 11) is -0.715. The van der Waals surface area contributed by atoms with Crippen LogP contribution in [0, 0.1) is 0 Å². The van der Waals surface area contributed by atoms with Crippen LogP contribution in [0.4, 0.5) is 0 Å². The lowest BCUT2D eigenvalue weighted by Crippen LogP contribution is -2.41. The minimum atomic E-state index is -3.82. The molecule has 1 heterocycles. The first-order valence-corrected chi connectivity index (χ1v) is 11.8. The summed E-state index contributed by atoms with van der Waals surface area (Å²) in [5.74, 6) is 1.71.